The fraction of sp³-hybridized carbons (Fsp3) is 0.600. The van der Waals surface area contributed by atoms with E-state index in [0.29, 0.717) is 12.8 Å². The van der Waals surface area contributed by atoms with Crippen molar-refractivity contribution in [3.63, 3.8) is 0 Å². The lowest BCUT2D eigenvalue weighted by atomic mass is 9.76. The molecule has 2 N–H and O–H groups in total. The Kier molecular flexibility index (Phi) is 2.64. The number of carbonyl (C=O) groups excluding carboxylic acids is 1. The van der Waals surface area contributed by atoms with Gasteiger partial charge in [0.15, 0.2) is 5.78 Å². The maximum Gasteiger partial charge on any atom is 0.308 e. The Balaban J connectivity index is 2.93. The Labute approximate surface area is 82.2 Å². The van der Waals surface area contributed by atoms with Crippen LogP contribution < -0.4 is 0 Å². The molecule has 0 aromatic carbocycles. The molecular weight excluding hydrogens is 184 g/mol. The number of hydrogen-bond donors (Lipinski definition) is 2. The van der Waals surface area contributed by atoms with Crippen molar-refractivity contribution in [2.45, 2.75) is 33.1 Å². The Hall–Kier alpha value is -1.32. The lowest BCUT2D eigenvalue weighted by Gasteiger charge is -2.29. The van der Waals surface area contributed by atoms with Crippen LogP contribution in [0.4, 0.5) is 0 Å². The summed E-state index contributed by atoms with van der Waals surface area (Å²) in [6.07, 6.45) is 0.307. The van der Waals surface area contributed by atoms with Gasteiger partial charge >= 0.3 is 5.97 Å². The number of carboxylic acids is 1. The van der Waals surface area contributed by atoms with Crippen molar-refractivity contribution >= 4 is 11.8 Å². The van der Waals surface area contributed by atoms with Crippen LogP contribution in [0.3, 0.4) is 0 Å². The Morgan fingerprint density at radius 2 is 2.00 bits per heavy atom. The molecule has 1 aliphatic carbocycles. The van der Waals surface area contributed by atoms with E-state index in [1.165, 1.54) is 0 Å². The highest BCUT2D eigenvalue weighted by molar-refractivity contribution is 6.00. The van der Waals surface area contributed by atoms with Crippen molar-refractivity contribution in [1.82, 2.24) is 0 Å². The molecule has 1 aliphatic rings. The van der Waals surface area contributed by atoms with Crippen LogP contribution >= 0.6 is 0 Å². The summed E-state index contributed by atoms with van der Waals surface area (Å²) in [5, 5.41) is 18.1. The van der Waals surface area contributed by atoms with E-state index in [2.05, 4.69) is 0 Å². The average Bonchev–Trinajstić information content (AvgIpc) is 1.94. The fourth-order valence-corrected chi connectivity index (χ4v) is 1.68. The Morgan fingerprint density at radius 1 is 1.43 bits per heavy atom. The van der Waals surface area contributed by atoms with Crippen molar-refractivity contribution in [3.05, 3.63) is 11.3 Å². The monoisotopic (exact) mass is 198 g/mol. The number of ketones is 1. The van der Waals surface area contributed by atoms with Gasteiger partial charge in [-0.05, 0) is 5.41 Å². The minimum absolute atomic E-state index is 0.0614. The molecule has 0 saturated carbocycles. The van der Waals surface area contributed by atoms with Gasteiger partial charge in [0.1, 0.15) is 5.76 Å². The molecule has 4 nitrogen and oxygen atoms in total. The molecule has 0 atom stereocenters. The van der Waals surface area contributed by atoms with E-state index in [0.717, 1.165) is 0 Å². The number of carboxylic acid groups (broad SMARTS) is 1. The summed E-state index contributed by atoms with van der Waals surface area (Å²) in [5.41, 5.74) is -0.194. The lowest BCUT2D eigenvalue weighted by Crippen LogP contribution is -2.26. The van der Waals surface area contributed by atoms with E-state index in [1.807, 2.05) is 13.8 Å². The number of aliphatic hydroxyl groups excluding tert-OH is 1. The van der Waals surface area contributed by atoms with Crippen LogP contribution in [0, 0.1) is 5.41 Å². The zero-order valence-electron chi connectivity index (χ0n) is 8.33. The van der Waals surface area contributed by atoms with E-state index in [-0.39, 0.29) is 29.0 Å². The summed E-state index contributed by atoms with van der Waals surface area (Å²) < 4.78 is 0. The van der Waals surface area contributed by atoms with Gasteiger partial charge < -0.3 is 10.2 Å². The minimum atomic E-state index is -1.08. The van der Waals surface area contributed by atoms with Crippen LogP contribution in [-0.4, -0.2) is 22.0 Å². The highest BCUT2D eigenvalue weighted by Crippen LogP contribution is 2.36. The van der Waals surface area contributed by atoms with E-state index in [4.69, 9.17) is 5.11 Å². The third-order valence-electron chi connectivity index (χ3n) is 2.30. The second-order valence-electron chi connectivity index (χ2n) is 4.44. The first-order chi connectivity index (χ1) is 6.32. The molecule has 0 amide bonds. The maximum atomic E-state index is 11.5. The van der Waals surface area contributed by atoms with Gasteiger partial charge in [-0.25, -0.2) is 0 Å². The van der Waals surface area contributed by atoms with E-state index in [1.54, 1.807) is 0 Å². The smallest absolute Gasteiger partial charge is 0.308 e. The molecule has 0 unspecified atom stereocenters. The van der Waals surface area contributed by atoms with Crippen molar-refractivity contribution in [2.24, 2.45) is 5.41 Å². The molecule has 4 heteroatoms. The number of aliphatic hydroxyl groups is 1. The van der Waals surface area contributed by atoms with Gasteiger partial charge in [-0.2, -0.15) is 0 Å². The number of hydrogen-bond acceptors (Lipinski definition) is 3. The first-order valence-corrected chi connectivity index (χ1v) is 4.48. The number of aliphatic carboxylic acids is 1. The summed E-state index contributed by atoms with van der Waals surface area (Å²) in [7, 11) is 0. The van der Waals surface area contributed by atoms with Crippen LogP contribution in [0.15, 0.2) is 11.3 Å². The standard InChI is InChI=1S/C10H14O4/c1-10(2)4-7(11)6(3-9(13)14)8(12)5-10/h11H,3-5H2,1-2H3,(H,13,14). The van der Waals surface area contributed by atoms with Gasteiger partial charge in [0.25, 0.3) is 0 Å². The molecule has 78 valence electrons. The predicted octanol–water partition coefficient (Wildman–Crippen LogP) is 1.66. The average molecular weight is 198 g/mol. The fourth-order valence-electron chi connectivity index (χ4n) is 1.68. The molecular formula is C10H14O4. The molecule has 0 bridgehead atoms. The summed E-state index contributed by atoms with van der Waals surface area (Å²) in [6.45, 7) is 3.75. The quantitative estimate of drug-likeness (QED) is 0.707. The van der Waals surface area contributed by atoms with Gasteiger partial charge in [0.2, 0.25) is 0 Å². The van der Waals surface area contributed by atoms with Crippen LogP contribution in [0.5, 0.6) is 0 Å². The lowest BCUT2D eigenvalue weighted by molar-refractivity contribution is -0.137. The largest absolute Gasteiger partial charge is 0.512 e. The van der Waals surface area contributed by atoms with Crippen molar-refractivity contribution in [3.8, 4) is 0 Å². The van der Waals surface area contributed by atoms with Gasteiger partial charge in [-0.15, -0.1) is 0 Å². The highest BCUT2D eigenvalue weighted by atomic mass is 16.4. The third kappa shape index (κ3) is 2.34. The number of Topliss-reactive ketones (excluding diaryl/α,β-unsaturated/α-hetero) is 1. The Bertz CT molecular complexity index is 312. The van der Waals surface area contributed by atoms with Gasteiger partial charge in [0, 0.05) is 18.4 Å². The molecule has 0 radical (unpaired) electrons. The summed E-state index contributed by atoms with van der Waals surface area (Å²) >= 11 is 0. The molecule has 0 fully saturated rings. The van der Waals surface area contributed by atoms with E-state index >= 15 is 0 Å². The van der Waals surface area contributed by atoms with Crippen LogP contribution in [0.25, 0.3) is 0 Å². The molecule has 0 aromatic rings. The van der Waals surface area contributed by atoms with Gasteiger partial charge in [0.05, 0.1) is 6.42 Å². The SMILES string of the molecule is CC1(C)CC(=O)C(CC(=O)O)=C(O)C1. The first-order valence-electron chi connectivity index (χ1n) is 4.48. The Morgan fingerprint density at radius 3 is 2.43 bits per heavy atom. The number of allylic oxidation sites excluding steroid dienone is 1. The minimum Gasteiger partial charge on any atom is -0.512 e. The second-order valence-corrected chi connectivity index (χ2v) is 4.44. The molecule has 1 rings (SSSR count). The second kappa shape index (κ2) is 3.44. The van der Waals surface area contributed by atoms with E-state index < -0.39 is 5.97 Å². The molecule has 14 heavy (non-hydrogen) atoms. The number of rotatable bonds is 2. The summed E-state index contributed by atoms with van der Waals surface area (Å²) in [4.78, 5) is 21.9. The maximum absolute atomic E-state index is 11.5. The number of carbonyl (C=O) groups is 2. The van der Waals surface area contributed by atoms with Crippen molar-refractivity contribution in [1.29, 1.82) is 0 Å². The summed E-state index contributed by atoms with van der Waals surface area (Å²) in [5.74, 6) is -1.39. The zero-order valence-corrected chi connectivity index (χ0v) is 8.33. The molecule has 0 spiro atoms. The molecule has 0 heterocycles. The predicted molar refractivity (Wildman–Crippen MR) is 49.9 cm³/mol. The first kappa shape index (κ1) is 10.8. The topological polar surface area (TPSA) is 74.6 Å². The molecule has 0 aliphatic heterocycles. The van der Waals surface area contributed by atoms with Crippen LogP contribution in [-0.2, 0) is 9.59 Å². The third-order valence-corrected chi connectivity index (χ3v) is 2.30. The molecule has 0 aromatic heterocycles. The highest BCUT2D eigenvalue weighted by Gasteiger charge is 2.33. The molecule has 0 saturated heterocycles. The normalized spacial score (nSPS) is 21.1. The summed E-state index contributed by atoms with van der Waals surface area (Å²) in [6, 6.07) is 0. The van der Waals surface area contributed by atoms with E-state index in [9.17, 15) is 14.7 Å². The van der Waals surface area contributed by atoms with Crippen LogP contribution in [0.1, 0.15) is 33.1 Å². The van der Waals surface area contributed by atoms with Crippen molar-refractivity contribution < 1.29 is 19.8 Å². The van der Waals surface area contributed by atoms with Gasteiger partial charge in [-0.1, -0.05) is 13.8 Å². The van der Waals surface area contributed by atoms with Gasteiger partial charge in [-0.3, -0.25) is 9.59 Å². The van der Waals surface area contributed by atoms with Crippen molar-refractivity contribution in [2.75, 3.05) is 0 Å². The van der Waals surface area contributed by atoms with Crippen LogP contribution in [0.2, 0.25) is 0 Å². The zero-order chi connectivity index (χ0) is 10.9.